The molecule has 0 atom stereocenters. The third-order valence-electron chi connectivity index (χ3n) is 8.26. The van der Waals surface area contributed by atoms with Crippen molar-refractivity contribution in [2.24, 2.45) is 0 Å². The number of rotatable bonds is 3. The number of benzene rings is 6. The van der Waals surface area contributed by atoms with E-state index < -0.39 is 0 Å². The predicted octanol–water partition coefficient (Wildman–Crippen LogP) is 9.44. The Morgan fingerprint density at radius 1 is 0.450 bits per heavy atom. The highest BCUT2D eigenvalue weighted by Gasteiger charge is 2.17. The number of nitrogens with two attached hydrogens (primary N) is 1. The lowest BCUT2D eigenvalue weighted by Crippen LogP contribution is -1.97. The summed E-state index contributed by atoms with van der Waals surface area (Å²) in [4.78, 5) is 0. The van der Waals surface area contributed by atoms with Crippen molar-refractivity contribution in [1.29, 1.82) is 0 Å². The number of hydrogen-bond acceptors (Lipinski definition) is 1. The van der Waals surface area contributed by atoms with Gasteiger partial charge >= 0.3 is 0 Å². The molecule has 0 spiro atoms. The van der Waals surface area contributed by atoms with E-state index in [1.54, 1.807) is 0 Å². The minimum atomic E-state index is 0.813. The lowest BCUT2D eigenvalue weighted by atomic mass is 10.00. The third kappa shape index (κ3) is 3.25. The highest BCUT2D eigenvalue weighted by molar-refractivity contribution is 6.13. The van der Waals surface area contributed by atoms with E-state index in [-0.39, 0.29) is 0 Å². The molecule has 8 rings (SSSR count). The van der Waals surface area contributed by atoms with E-state index in [0.717, 1.165) is 16.9 Å². The van der Waals surface area contributed by atoms with Gasteiger partial charge in [-0.2, -0.15) is 0 Å². The minimum absolute atomic E-state index is 0.813. The molecule has 3 nitrogen and oxygen atoms in total. The first-order valence-corrected chi connectivity index (χ1v) is 13.7. The standard InChI is InChI=1S/C37H27N3/c1-24-33(38)19-18-30-32-23-26(17-21-36(32)40(37(24)30)28-12-6-3-7-13-28)25-16-20-35-31(22-25)29-14-8-9-15-34(29)39(35)27-10-4-2-5-11-27/h2-23H,38H2,1H3. The number of anilines is 1. The van der Waals surface area contributed by atoms with Crippen LogP contribution in [0.15, 0.2) is 133 Å². The van der Waals surface area contributed by atoms with Gasteiger partial charge in [0.2, 0.25) is 0 Å². The number of nitrogens with zero attached hydrogens (tertiary/aromatic N) is 2. The van der Waals surface area contributed by atoms with Gasteiger partial charge in [-0.25, -0.2) is 0 Å². The zero-order valence-corrected chi connectivity index (χ0v) is 22.2. The zero-order valence-electron chi connectivity index (χ0n) is 22.2. The number of para-hydroxylation sites is 3. The van der Waals surface area contributed by atoms with Crippen LogP contribution in [0.2, 0.25) is 0 Å². The van der Waals surface area contributed by atoms with Crippen LogP contribution in [0.4, 0.5) is 5.69 Å². The lowest BCUT2D eigenvalue weighted by molar-refractivity contribution is 1.17. The maximum absolute atomic E-state index is 6.40. The normalized spacial score (nSPS) is 11.7. The number of fused-ring (bicyclic) bond motifs is 6. The minimum Gasteiger partial charge on any atom is -0.398 e. The molecule has 0 fully saturated rings. The summed E-state index contributed by atoms with van der Waals surface area (Å²) in [6, 6.07) is 47.7. The largest absolute Gasteiger partial charge is 0.398 e. The topological polar surface area (TPSA) is 35.9 Å². The molecule has 0 aliphatic rings. The number of aryl methyl sites for hydroxylation is 1. The van der Waals surface area contributed by atoms with Gasteiger partial charge in [-0.05, 0) is 84.3 Å². The molecule has 2 N–H and O–H groups in total. The Morgan fingerprint density at radius 3 is 1.65 bits per heavy atom. The van der Waals surface area contributed by atoms with E-state index in [1.165, 1.54) is 60.4 Å². The van der Waals surface area contributed by atoms with Crippen molar-refractivity contribution in [2.75, 3.05) is 5.73 Å². The molecule has 0 aliphatic heterocycles. The fourth-order valence-electron chi connectivity index (χ4n) is 6.32. The van der Waals surface area contributed by atoms with Crippen LogP contribution in [0, 0.1) is 6.92 Å². The van der Waals surface area contributed by atoms with E-state index in [2.05, 4.69) is 143 Å². The molecule has 0 radical (unpaired) electrons. The molecule has 2 heterocycles. The fraction of sp³-hybridized carbons (Fsp3) is 0.0270. The van der Waals surface area contributed by atoms with Crippen molar-refractivity contribution < 1.29 is 0 Å². The molecule has 0 amide bonds. The van der Waals surface area contributed by atoms with Gasteiger partial charge in [0.25, 0.3) is 0 Å². The molecule has 3 heteroatoms. The maximum Gasteiger partial charge on any atom is 0.0590 e. The maximum atomic E-state index is 6.40. The predicted molar refractivity (Wildman–Crippen MR) is 170 cm³/mol. The Kier molecular flexibility index (Phi) is 4.89. The van der Waals surface area contributed by atoms with Gasteiger partial charge in [-0.1, -0.05) is 72.8 Å². The third-order valence-corrected chi connectivity index (χ3v) is 8.26. The highest BCUT2D eigenvalue weighted by atomic mass is 15.0. The molecule has 40 heavy (non-hydrogen) atoms. The second-order valence-corrected chi connectivity index (χ2v) is 10.5. The summed E-state index contributed by atoms with van der Waals surface area (Å²) >= 11 is 0. The second-order valence-electron chi connectivity index (χ2n) is 10.5. The summed E-state index contributed by atoms with van der Waals surface area (Å²) in [7, 11) is 0. The smallest absolute Gasteiger partial charge is 0.0590 e. The van der Waals surface area contributed by atoms with Crippen molar-refractivity contribution in [1.82, 2.24) is 9.13 Å². The zero-order chi connectivity index (χ0) is 26.8. The van der Waals surface area contributed by atoms with Crippen LogP contribution < -0.4 is 5.73 Å². The Morgan fingerprint density at radius 2 is 0.975 bits per heavy atom. The van der Waals surface area contributed by atoms with Crippen molar-refractivity contribution in [2.45, 2.75) is 6.92 Å². The summed E-state index contributed by atoms with van der Waals surface area (Å²) in [5.74, 6) is 0. The molecule has 2 aromatic heterocycles. The lowest BCUT2D eigenvalue weighted by Gasteiger charge is -2.11. The Labute approximate surface area is 232 Å². The molecule has 8 aromatic rings. The second kappa shape index (κ2) is 8.62. The average molecular weight is 514 g/mol. The Hall–Kier alpha value is -5.28. The molecule has 0 saturated heterocycles. The summed E-state index contributed by atoms with van der Waals surface area (Å²) < 4.78 is 4.70. The van der Waals surface area contributed by atoms with Crippen LogP contribution in [0.3, 0.4) is 0 Å². The van der Waals surface area contributed by atoms with Gasteiger partial charge in [0.15, 0.2) is 0 Å². The van der Waals surface area contributed by atoms with Crippen LogP contribution >= 0.6 is 0 Å². The summed E-state index contributed by atoms with van der Waals surface area (Å²) in [6.45, 7) is 2.12. The number of aromatic nitrogens is 2. The van der Waals surface area contributed by atoms with Crippen molar-refractivity contribution in [3.63, 3.8) is 0 Å². The van der Waals surface area contributed by atoms with Gasteiger partial charge in [0, 0.05) is 38.6 Å². The first-order chi connectivity index (χ1) is 19.7. The van der Waals surface area contributed by atoms with Crippen LogP contribution in [0.25, 0.3) is 66.1 Å². The molecule has 0 saturated carbocycles. The van der Waals surface area contributed by atoms with E-state index >= 15 is 0 Å². The van der Waals surface area contributed by atoms with Crippen LogP contribution in [-0.2, 0) is 0 Å². The van der Waals surface area contributed by atoms with E-state index in [0.29, 0.717) is 0 Å². The van der Waals surface area contributed by atoms with Gasteiger partial charge in [0.05, 0.1) is 22.1 Å². The average Bonchev–Trinajstić information content (AvgIpc) is 3.52. The summed E-state index contributed by atoms with van der Waals surface area (Å²) in [5, 5.41) is 4.96. The first kappa shape index (κ1) is 22.7. The highest BCUT2D eigenvalue weighted by Crippen LogP contribution is 2.39. The van der Waals surface area contributed by atoms with Gasteiger partial charge in [-0.15, -0.1) is 0 Å². The van der Waals surface area contributed by atoms with Gasteiger partial charge in [-0.3, -0.25) is 0 Å². The van der Waals surface area contributed by atoms with E-state index in [9.17, 15) is 0 Å². The Balaban J connectivity index is 1.38. The number of hydrogen-bond donors (Lipinski definition) is 1. The molecular formula is C37H27N3. The van der Waals surface area contributed by atoms with Crippen molar-refractivity contribution in [3.05, 3.63) is 139 Å². The van der Waals surface area contributed by atoms with E-state index in [4.69, 9.17) is 5.73 Å². The first-order valence-electron chi connectivity index (χ1n) is 13.7. The van der Waals surface area contributed by atoms with Crippen molar-refractivity contribution >= 4 is 49.3 Å². The molecule has 190 valence electrons. The molecule has 0 bridgehead atoms. The van der Waals surface area contributed by atoms with Crippen molar-refractivity contribution in [3.8, 4) is 22.5 Å². The molecular weight excluding hydrogens is 486 g/mol. The summed E-state index contributed by atoms with van der Waals surface area (Å²) in [5.41, 5.74) is 17.8. The van der Waals surface area contributed by atoms with Gasteiger partial charge < -0.3 is 14.9 Å². The fourth-order valence-corrected chi connectivity index (χ4v) is 6.32. The van der Waals surface area contributed by atoms with Crippen LogP contribution in [0.1, 0.15) is 5.56 Å². The molecule has 6 aromatic carbocycles. The SMILES string of the molecule is Cc1c(N)ccc2c3cc(-c4ccc5c(c4)c4ccccc4n5-c4ccccc4)ccc3n(-c3ccccc3)c12. The van der Waals surface area contributed by atoms with Crippen LogP contribution in [-0.4, -0.2) is 9.13 Å². The molecule has 0 unspecified atom stereocenters. The Bertz CT molecular complexity index is 2220. The number of nitrogen functional groups attached to an aromatic ring is 1. The quantitative estimate of drug-likeness (QED) is 0.235. The summed E-state index contributed by atoms with van der Waals surface area (Å²) in [6.07, 6.45) is 0. The van der Waals surface area contributed by atoms with Gasteiger partial charge in [0.1, 0.15) is 0 Å². The molecule has 0 aliphatic carbocycles. The van der Waals surface area contributed by atoms with Crippen LogP contribution in [0.5, 0.6) is 0 Å². The monoisotopic (exact) mass is 513 g/mol. The van der Waals surface area contributed by atoms with E-state index in [1.807, 2.05) is 6.07 Å².